The van der Waals surface area contributed by atoms with Gasteiger partial charge < -0.3 is 16.4 Å². The van der Waals surface area contributed by atoms with Crippen molar-refractivity contribution in [3.63, 3.8) is 0 Å². The van der Waals surface area contributed by atoms with E-state index >= 15 is 0 Å². The minimum Gasteiger partial charge on any atom is -0.332 e. The summed E-state index contributed by atoms with van der Waals surface area (Å²) in [6.07, 6.45) is 2.06. The summed E-state index contributed by atoms with van der Waals surface area (Å²) in [5, 5.41) is 8.59. The standard InChI is InChI=1S/C19H22N4O2S/c20-13-5-4-8-17(24)21-15-9-11-16(12-10-15)22-19(26)23-18(25)14-6-2-1-3-7-14/h1-3,6-7,9-12H,4-5,8,13,20H2,(H,21,24)(H2,22,23,25,26). The van der Waals surface area contributed by atoms with E-state index < -0.39 is 0 Å². The van der Waals surface area contributed by atoms with E-state index in [9.17, 15) is 9.59 Å². The molecule has 0 aromatic heterocycles. The molecule has 0 atom stereocenters. The fourth-order valence-corrected chi connectivity index (χ4v) is 2.43. The SMILES string of the molecule is NCCCCC(=O)Nc1ccc(NC(=S)NC(=O)c2ccccc2)cc1. The molecule has 2 aromatic carbocycles. The number of thiocarbonyl (C=S) groups is 1. The molecular formula is C19H22N4O2S. The Morgan fingerprint density at radius 1 is 0.885 bits per heavy atom. The number of unbranched alkanes of at least 4 members (excludes halogenated alkanes) is 1. The highest BCUT2D eigenvalue weighted by Gasteiger charge is 2.07. The first-order chi connectivity index (χ1) is 12.6. The van der Waals surface area contributed by atoms with Gasteiger partial charge in [0.1, 0.15) is 0 Å². The van der Waals surface area contributed by atoms with Crippen molar-refractivity contribution in [3.8, 4) is 0 Å². The Morgan fingerprint density at radius 2 is 1.50 bits per heavy atom. The number of rotatable bonds is 7. The topological polar surface area (TPSA) is 96.2 Å². The van der Waals surface area contributed by atoms with Crippen LogP contribution in [-0.4, -0.2) is 23.5 Å². The Bertz CT molecular complexity index is 748. The summed E-state index contributed by atoms with van der Waals surface area (Å²) in [7, 11) is 0. The van der Waals surface area contributed by atoms with Gasteiger partial charge in [0.25, 0.3) is 5.91 Å². The van der Waals surface area contributed by atoms with Gasteiger partial charge in [-0.1, -0.05) is 18.2 Å². The highest BCUT2D eigenvalue weighted by Crippen LogP contribution is 2.14. The molecule has 0 radical (unpaired) electrons. The van der Waals surface area contributed by atoms with Gasteiger partial charge in [-0.15, -0.1) is 0 Å². The Hall–Kier alpha value is -2.77. The highest BCUT2D eigenvalue weighted by molar-refractivity contribution is 7.80. The Kier molecular flexibility index (Phi) is 7.73. The second kappa shape index (κ2) is 10.3. The number of nitrogens with two attached hydrogens (primary N) is 1. The molecule has 0 saturated carbocycles. The number of benzene rings is 2. The number of hydrogen-bond acceptors (Lipinski definition) is 4. The number of nitrogens with one attached hydrogen (secondary N) is 3. The lowest BCUT2D eigenvalue weighted by Gasteiger charge is -2.11. The largest absolute Gasteiger partial charge is 0.332 e. The maximum atomic E-state index is 12.0. The van der Waals surface area contributed by atoms with Gasteiger partial charge in [0.2, 0.25) is 5.91 Å². The molecular weight excluding hydrogens is 348 g/mol. The van der Waals surface area contributed by atoms with Crippen LogP contribution in [0.4, 0.5) is 11.4 Å². The van der Waals surface area contributed by atoms with Crippen molar-refractivity contribution in [3.05, 3.63) is 60.2 Å². The molecule has 6 nitrogen and oxygen atoms in total. The van der Waals surface area contributed by atoms with Crippen molar-refractivity contribution < 1.29 is 9.59 Å². The summed E-state index contributed by atoms with van der Waals surface area (Å²) in [5.41, 5.74) is 7.36. The van der Waals surface area contributed by atoms with Crippen molar-refractivity contribution in [2.24, 2.45) is 5.73 Å². The molecule has 2 rings (SSSR count). The number of hydrogen-bond donors (Lipinski definition) is 4. The average molecular weight is 370 g/mol. The zero-order valence-electron chi connectivity index (χ0n) is 14.3. The molecule has 0 unspecified atom stereocenters. The minimum absolute atomic E-state index is 0.0372. The third-order valence-electron chi connectivity index (χ3n) is 3.55. The van der Waals surface area contributed by atoms with Crippen LogP contribution in [0.1, 0.15) is 29.6 Å². The van der Waals surface area contributed by atoms with Gasteiger partial charge in [0, 0.05) is 23.4 Å². The lowest BCUT2D eigenvalue weighted by molar-refractivity contribution is -0.116. The molecule has 0 saturated heterocycles. The Morgan fingerprint density at radius 3 is 2.12 bits per heavy atom. The maximum Gasteiger partial charge on any atom is 0.257 e. The number of carbonyl (C=O) groups excluding carboxylic acids is 2. The molecule has 0 fully saturated rings. The van der Waals surface area contributed by atoms with Crippen LogP contribution in [0.15, 0.2) is 54.6 Å². The predicted octanol–water partition coefficient (Wildman–Crippen LogP) is 2.88. The van der Waals surface area contributed by atoms with Gasteiger partial charge in [0.15, 0.2) is 5.11 Å². The average Bonchev–Trinajstić information content (AvgIpc) is 2.64. The van der Waals surface area contributed by atoms with Crippen LogP contribution in [0.5, 0.6) is 0 Å². The second-order valence-corrected chi connectivity index (χ2v) is 6.05. The van der Waals surface area contributed by atoms with E-state index in [0.29, 0.717) is 29.9 Å². The van der Waals surface area contributed by atoms with Crippen LogP contribution in [-0.2, 0) is 4.79 Å². The summed E-state index contributed by atoms with van der Waals surface area (Å²) in [4.78, 5) is 23.8. The molecule has 0 aliphatic carbocycles. The lowest BCUT2D eigenvalue weighted by Crippen LogP contribution is -2.34. The predicted molar refractivity (Wildman–Crippen MR) is 108 cm³/mol. The van der Waals surface area contributed by atoms with Crippen LogP contribution in [0, 0.1) is 0 Å². The summed E-state index contributed by atoms with van der Waals surface area (Å²) in [6, 6.07) is 15.9. The van der Waals surface area contributed by atoms with E-state index in [4.69, 9.17) is 18.0 Å². The maximum absolute atomic E-state index is 12.0. The Balaban J connectivity index is 1.82. The Labute approximate surface area is 158 Å². The van der Waals surface area contributed by atoms with Gasteiger partial charge >= 0.3 is 0 Å². The van der Waals surface area contributed by atoms with Gasteiger partial charge in [-0.2, -0.15) is 0 Å². The van der Waals surface area contributed by atoms with Crippen LogP contribution in [0.2, 0.25) is 0 Å². The van der Waals surface area contributed by atoms with Crippen LogP contribution in [0.25, 0.3) is 0 Å². The number of anilines is 2. The molecule has 136 valence electrons. The second-order valence-electron chi connectivity index (χ2n) is 5.65. The molecule has 0 aliphatic heterocycles. The first-order valence-corrected chi connectivity index (χ1v) is 8.76. The van der Waals surface area contributed by atoms with E-state index in [1.54, 1.807) is 48.5 Å². The molecule has 0 heterocycles. The molecule has 26 heavy (non-hydrogen) atoms. The van der Waals surface area contributed by atoms with Crippen molar-refractivity contribution >= 4 is 40.5 Å². The minimum atomic E-state index is -0.274. The van der Waals surface area contributed by atoms with Crippen LogP contribution in [0.3, 0.4) is 0 Å². The molecule has 2 amide bonds. The molecule has 7 heteroatoms. The number of amides is 2. The fraction of sp³-hybridized carbons (Fsp3) is 0.211. The fourth-order valence-electron chi connectivity index (χ4n) is 2.22. The summed E-state index contributed by atoms with van der Waals surface area (Å²) in [6.45, 7) is 0.592. The van der Waals surface area contributed by atoms with E-state index in [0.717, 1.165) is 12.8 Å². The van der Waals surface area contributed by atoms with E-state index in [1.807, 2.05) is 6.07 Å². The summed E-state index contributed by atoms with van der Waals surface area (Å²) < 4.78 is 0. The first kappa shape index (κ1) is 19.6. The third-order valence-corrected chi connectivity index (χ3v) is 3.75. The van der Waals surface area contributed by atoms with Crippen molar-refractivity contribution in [2.75, 3.05) is 17.2 Å². The van der Waals surface area contributed by atoms with Gasteiger partial charge in [-0.3, -0.25) is 14.9 Å². The quantitative estimate of drug-likeness (QED) is 0.444. The van der Waals surface area contributed by atoms with E-state index in [-0.39, 0.29) is 16.9 Å². The molecule has 0 aliphatic rings. The lowest BCUT2D eigenvalue weighted by atomic mass is 10.2. The normalized spacial score (nSPS) is 10.0. The summed E-state index contributed by atoms with van der Waals surface area (Å²) >= 11 is 5.15. The highest BCUT2D eigenvalue weighted by atomic mass is 32.1. The zero-order chi connectivity index (χ0) is 18.8. The van der Waals surface area contributed by atoms with Gasteiger partial charge in [-0.25, -0.2) is 0 Å². The van der Waals surface area contributed by atoms with Gasteiger partial charge in [0.05, 0.1) is 0 Å². The first-order valence-electron chi connectivity index (χ1n) is 8.36. The molecule has 5 N–H and O–H groups in total. The van der Waals surface area contributed by atoms with E-state index in [2.05, 4.69) is 16.0 Å². The van der Waals surface area contributed by atoms with Crippen molar-refractivity contribution in [2.45, 2.75) is 19.3 Å². The smallest absolute Gasteiger partial charge is 0.257 e. The molecule has 0 spiro atoms. The van der Waals surface area contributed by atoms with Crippen LogP contribution >= 0.6 is 12.2 Å². The zero-order valence-corrected chi connectivity index (χ0v) is 15.1. The van der Waals surface area contributed by atoms with Gasteiger partial charge in [-0.05, 0) is 68.0 Å². The molecule has 2 aromatic rings. The third kappa shape index (κ3) is 6.62. The number of carbonyl (C=O) groups is 2. The molecule has 0 bridgehead atoms. The van der Waals surface area contributed by atoms with E-state index in [1.165, 1.54) is 0 Å². The monoisotopic (exact) mass is 370 g/mol. The summed E-state index contributed by atoms with van der Waals surface area (Å²) in [5.74, 6) is -0.311. The van der Waals surface area contributed by atoms with Crippen molar-refractivity contribution in [1.29, 1.82) is 0 Å². The van der Waals surface area contributed by atoms with Crippen molar-refractivity contribution in [1.82, 2.24) is 5.32 Å². The van der Waals surface area contributed by atoms with Crippen LogP contribution < -0.4 is 21.7 Å².